The second kappa shape index (κ2) is 11.0. The van der Waals surface area contributed by atoms with Gasteiger partial charge < -0.3 is 9.47 Å². The zero-order valence-corrected chi connectivity index (χ0v) is 18.4. The summed E-state index contributed by atoms with van der Waals surface area (Å²) < 4.78 is 10.9. The highest BCUT2D eigenvalue weighted by Crippen LogP contribution is 2.38. The number of ether oxygens (including phenoxy) is 2. The minimum atomic E-state index is -0.301. The summed E-state index contributed by atoms with van der Waals surface area (Å²) >= 11 is 0. The minimum Gasteiger partial charge on any atom is -0.466 e. The van der Waals surface area contributed by atoms with Crippen molar-refractivity contribution in [2.75, 3.05) is 13.7 Å². The Morgan fingerprint density at radius 3 is 2.00 bits per heavy atom. The maximum atomic E-state index is 12.2. The molecule has 5 nitrogen and oxygen atoms in total. The topological polar surface area (TPSA) is 55.8 Å². The molecule has 0 aromatic heterocycles. The summed E-state index contributed by atoms with van der Waals surface area (Å²) in [7, 11) is 2.12. The van der Waals surface area contributed by atoms with Crippen molar-refractivity contribution < 1.29 is 19.1 Å². The minimum absolute atomic E-state index is 0.0250. The molecule has 0 spiro atoms. The van der Waals surface area contributed by atoms with E-state index in [1.54, 1.807) is 0 Å². The Morgan fingerprint density at radius 1 is 0.889 bits per heavy atom. The third-order valence-electron chi connectivity index (χ3n) is 5.86. The number of rotatable bonds is 11. The standard InChI is InChI=1S/C22H41NO4/c1-7-8-9-10-11-12-15-26-19(24)13-14-20(25)27-18-16-21(2,3)23(6)22(4,5)17-18/h18H,7-17H2,1-6H3. The molecule has 0 aliphatic carbocycles. The Hall–Kier alpha value is -1.10. The number of hydrogen-bond acceptors (Lipinski definition) is 5. The highest BCUT2D eigenvalue weighted by atomic mass is 16.5. The monoisotopic (exact) mass is 383 g/mol. The van der Waals surface area contributed by atoms with Gasteiger partial charge in [-0.3, -0.25) is 14.5 Å². The number of hydrogen-bond donors (Lipinski definition) is 0. The molecule has 0 radical (unpaired) electrons. The normalized spacial score (nSPS) is 19.6. The molecule has 1 heterocycles. The van der Waals surface area contributed by atoms with Crippen LogP contribution in [0.5, 0.6) is 0 Å². The summed E-state index contributed by atoms with van der Waals surface area (Å²) in [5, 5.41) is 0. The molecule has 27 heavy (non-hydrogen) atoms. The summed E-state index contributed by atoms with van der Waals surface area (Å²) in [5.41, 5.74) is -0.0501. The highest BCUT2D eigenvalue weighted by Gasteiger charge is 2.44. The quantitative estimate of drug-likeness (QED) is 0.376. The molecule has 0 bridgehead atoms. The number of nitrogens with zero attached hydrogens (tertiary/aromatic N) is 1. The van der Waals surface area contributed by atoms with Crippen LogP contribution in [-0.2, 0) is 19.1 Å². The van der Waals surface area contributed by atoms with Gasteiger partial charge in [0.15, 0.2) is 0 Å². The largest absolute Gasteiger partial charge is 0.466 e. The van der Waals surface area contributed by atoms with E-state index in [4.69, 9.17) is 9.47 Å². The first-order valence-corrected chi connectivity index (χ1v) is 10.7. The van der Waals surface area contributed by atoms with Crippen LogP contribution in [-0.4, -0.2) is 47.7 Å². The van der Waals surface area contributed by atoms with Gasteiger partial charge in [-0.05, 0) is 41.2 Å². The summed E-state index contributed by atoms with van der Waals surface area (Å²) in [4.78, 5) is 26.3. The van der Waals surface area contributed by atoms with Crippen LogP contribution >= 0.6 is 0 Å². The van der Waals surface area contributed by atoms with E-state index >= 15 is 0 Å². The molecular weight excluding hydrogens is 342 g/mol. The first-order valence-electron chi connectivity index (χ1n) is 10.7. The Balaban J connectivity index is 2.22. The van der Waals surface area contributed by atoms with Crippen LogP contribution in [0.1, 0.15) is 98.8 Å². The van der Waals surface area contributed by atoms with Crippen LogP contribution < -0.4 is 0 Å². The maximum absolute atomic E-state index is 12.2. The Bertz CT molecular complexity index is 455. The van der Waals surface area contributed by atoms with E-state index in [1.807, 2.05) is 0 Å². The second-order valence-electron chi connectivity index (χ2n) is 9.19. The molecule has 0 aromatic carbocycles. The lowest BCUT2D eigenvalue weighted by molar-refractivity contribution is -0.161. The van der Waals surface area contributed by atoms with Gasteiger partial charge in [0, 0.05) is 23.9 Å². The predicted molar refractivity (Wildman–Crippen MR) is 109 cm³/mol. The average Bonchev–Trinajstić information content (AvgIpc) is 2.56. The second-order valence-corrected chi connectivity index (χ2v) is 9.19. The van der Waals surface area contributed by atoms with Gasteiger partial charge in [0.2, 0.25) is 0 Å². The van der Waals surface area contributed by atoms with Gasteiger partial charge in [-0.25, -0.2) is 0 Å². The maximum Gasteiger partial charge on any atom is 0.306 e. The fourth-order valence-corrected chi connectivity index (χ4v) is 3.95. The van der Waals surface area contributed by atoms with Gasteiger partial charge in [-0.1, -0.05) is 39.0 Å². The summed E-state index contributed by atoms with van der Waals surface area (Å²) in [6, 6.07) is 0. The van der Waals surface area contributed by atoms with E-state index in [-0.39, 0.29) is 42.0 Å². The Kier molecular flexibility index (Phi) is 9.78. The van der Waals surface area contributed by atoms with E-state index in [9.17, 15) is 9.59 Å². The highest BCUT2D eigenvalue weighted by molar-refractivity contribution is 5.77. The lowest BCUT2D eigenvalue weighted by atomic mass is 9.79. The van der Waals surface area contributed by atoms with Crippen molar-refractivity contribution in [3.05, 3.63) is 0 Å². The van der Waals surface area contributed by atoms with Crippen molar-refractivity contribution >= 4 is 11.9 Å². The molecule has 0 N–H and O–H groups in total. The molecule has 1 fully saturated rings. The van der Waals surface area contributed by atoms with Crippen molar-refractivity contribution in [2.24, 2.45) is 0 Å². The number of esters is 2. The van der Waals surface area contributed by atoms with Crippen LogP contribution in [0.15, 0.2) is 0 Å². The predicted octanol–water partition coefficient (Wildman–Crippen LogP) is 4.86. The molecule has 0 atom stereocenters. The fourth-order valence-electron chi connectivity index (χ4n) is 3.95. The molecule has 0 aromatic rings. The number of carbonyl (C=O) groups excluding carboxylic acids is 2. The SMILES string of the molecule is CCCCCCCCOC(=O)CCC(=O)OC1CC(C)(C)N(C)C(C)(C)C1. The average molecular weight is 384 g/mol. The number of likely N-dealkylation sites (tertiary alicyclic amines) is 1. The van der Waals surface area contributed by atoms with Gasteiger partial charge in [0.25, 0.3) is 0 Å². The fraction of sp³-hybridized carbons (Fsp3) is 0.909. The molecular formula is C22H41NO4. The van der Waals surface area contributed by atoms with Crippen LogP contribution in [0.2, 0.25) is 0 Å². The summed E-state index contributed by atoms with van der Waals surface area (Å²) in [5.74, 6) is -0.600. The first-order chi connectivity index (χ1) is 12.6. The van der Waals surface area contributed by atoms with Gasteiger partial charge in [-0.2, -0.15) is 0 Å². The molecule has 1 aliphatic heterocycles. The van der Waals surface area contributed by atoms with E-state index in [2.05, 4.69) is 46.6 Å². The molecule has 1 saturated heterocycles. The molecule has 1 aliphatic rings. The lowest BCUT2D eigenvalue weighted by Crippen LogP contribution is -2.60. The van der Waals surface area contributed by atoms with Crippen LogP contribution in [0.4, 0.5) is 0 Å². The van der Waals surface area contributed by atoms with E-state index in [0.29, 0.717) is 6.61 Å². The zero-order chi connectivity index (χ0) is 20.5. The van der Waals surface area contributed by atoms with Crippen LogP contribution in [0.3, 0.4) is 0 Å². The van der Waals surface area contributed by atoms with Crippen LogP contribution in [0, 0.1) is 0 Å². The van der Waals surface area contributed by atoms with E-state index < -0.39 is 0 Å². The number of piperidine rings is 1. The Morgan fingerprint density at radius 2 is 1.41 bits per heavy atom. The van der Waals surface area contributed by atoms with E-state index in [0.717, 1.165) is 25.7 Å². The summed E-state index contributed by atoms with van der Waals surface area (Å²) in [6.45, 7) is 11.4. The van der Waals surface area contributed by atoms with Crippen molar-refractivity contribution in [3.63, 3.8) is 0 Å². The van der Waals surface area contributed by atoms with Gasteiger partial charge in [0.1, 0.15) is 6.10 Å². The van der Waals surface area contributed by atoms with Gasteiger partial charge >= 0.3 is 11.9 Å². The van der Waals surface area contributed by atoms with Crippen molar-refractivity contribution in [1.29, 1.82) is 0 Å². The smallest absolute Gasteiger partial charge is 0.306 e. The Labute approximate surface area is 166 Å². The van der Waals surface area contributed by atoms with Gasteiger partial charge in [-0.15, -0.1) is 0 Å². The zero-order valence-electron chi connectivity index (χ0n) is 18.4. The molecule has 158 valence electrons. The molecule has 5 heteroatoms. The summed E-state index contributed by atoms with van der Waals surface area (Å²) in [6.07, 6.45) is 8.67. The van der Waals surface area contributed by atoms with Crippen LogP contribution in [0.25, 0.3) is 0 Å². The molecule has 0 unspecified atom stereocenters. The third-order valence-corrected chi connectivity index (χ3v) is 5.86. The first kappa shape index (κ1) is 23.9. The number of carbonyl (C=O) groups is 2. The molecule has 0 saturated carbocycles. The van der Waals surface area contributed by atoms with Crippen molar-refractivity contribution in [3.8, 4) is 0 Å². The lowest BCUT2D eigenvalue weighted by Gasteiger charge is -2.53. The van der Waals surface area contributed by atoms with Crippen molar-refractivity contribution in [2.45, 2.75) is 116 Å². The molecule has 0 amide bonds. The van der Waals surface area contributed by atoms with Gasteiger partial charge in [0.05, 0.1) is 19.4 Å². The van der Waals surface area contributed by atoms with Crippen molar-refractivity contribution in [1.82, 2.24) is 4.90 Å². The third kappa shape index (κ3) is 8.63. The number of unbranched alkanes of at least 4 members (excludes halogenated alkanes) is 5. The van der Waals surface area contributed by atoms with E-state index in [1.165, 1.54) is 25.7 Å². The molecule has 1 rings (SSSR count).